The van der Waals surface area contributed by atoms with Gasteiger partial charge in [0.25, 0.3) is 0 Å². The summed E-state index contributed by atoms with van der Waals surface area (Å²) < 4.78 is 0. The van der Waals surface area contributed by atoms with Crippen LogP contribution in [0.5, 0.6) is 0 Å². The largest absolute Gasteiger partial charge is 0.394 e. The fourth-order valence-electron chi connectivity index (χ4n) is 2.65. The molecular weight excluding hydrogens is 395 g/mol. The number of aromatic nitrogens is 2. The molecule has 0 saturated heterocycles. The van der Waals surface area contributed by atoms with Crippen LogP contribution in [0.25, 0.3) is 11.3 Å². The summed E-state index contributed by atoms with van der Waals surface area (Å²) in [5.41, 5.74) is 2.41. The molecule has 2 aromatic carbocycles. The second kappa shape index (κ2) is 9.24. The van der Waals surface area contributed by atoms with E-state index >= 15 is 0 Å². The third-order valence-electron chi connectivity index (χ3n) is 4.31. The molecule has 28 heavy (non-hydrogen) atoms. The number of aliphatic hydroxyl groups excluding tert-OH is 1. The van der Waals surface area contributed by atoms with Gasteiger partial charge in [-0.3, -0.25) is 0 Å². The van der Waals surface area contributed by atoms with Crippen LogP contribution in [0.3, 0.4) is 0 Å². The van der Waals surface area contributed by atoms with Crippen LogP contribution in [0, 0.1) is 5.92 Å². The van der Waals surface area contributed by atoms with Gasteiger partial charge >= 0.3 is 0 Å². The smallest absolute Gasteiger partial charge is 0.225 e. The van der Waals surface area contributed by atoms with Crippen molar-refractivity contribution in [1.29, 1.82) is 0 Å². The van der Waals surface area contributed by atoms with Crippen molar-refractivity contribution in [3.05, 3.63) is 64.6 Å². The number of aliphatic hydroxyl groups is 1. The van der Waals surface area contributed by atoms with Crippen LogP contribution in [-0.2, 0) is 0 Å². The van der Waals surface area contributed by atoms with E-state index in [0.29, 0.717) is 27.5 Å². The molecular formula is C21H22Cl2N4O. The molecule has 3 rings (SSSR count). The predicted molar refractivity (Wildman–Crippen MR) is 117 cm³/mol. The SMILES string of the molecule is CC(C)[C@@H](CO)Nc1nc(Nc2ccc(Cl)cc2Cl)cc(-c2ccccc2)n1. The van der Waals surface area contributed by atoms with Crippen molar-refractivity contribution in [3.63, 3.8) is 0 Å². The molecule has 0 radical (unpaired) electrons. The molecule has 0 bridgehead atoms. The number of hydrogen-bond acceptors (Lipinski definition) is 5. The molecule has 0 fully saturated rings. The van der Waals surface area contributed by atoms with Crippen molar-refractivity contribution < 1.29 is 5.11 Å². The highest BCUT2D eigenvalue weighted by Crippen LogP contribution is 2.29. The first kappa shape index (κ1) is 20.4. The minimum atomic E-state index is -0.155. The van der Waals surface area contributed by atoms with Crippen molar-refractivity contribution in [2.45, 2.75) is 19.9 Å². The summed E-state index contributed by atoms with van der Waals surface area (Å²) in [7, 11) is 0. The van der Waals surface area contributed by atoms with Gasteiger partial charge in [-0.1, -0.05) is 67.4 Å². The minimum absolute atomic E-state index is 0.0115. The van der Waals surface area contributed by atoms with Gasteiger partial charge < -0.3 is 15.7 Å². The fraction of sp³-hybridized carbons (Fsp3) is 0.238. The lowest BCUT2D eigenvalue weighted by atomic mass is 10.1. The molecule has 0 aliphatic heterocycles. The van der Waals surface area contributed by atoms with Crippen LogP contribution in [0.4, 0.5) is 17.5 Å². The van der Waals surface area contributed by atoms with Crippen LogP contribution in [0.15, 0.2) is 54.6 Å². The number of nitrogens with zero attached hydrogens (tertiary/aromatic N) is 2. The Morgan fingerprint density at radius 3 is 2.39 bits per heavy atom. The fourth-order valence-corrected chi connectivity index (χ4v) is 3.11. The zero-order chi connectivity index (χ0) is 20.1. The molecule has 0 amide bonds. The number of rotatable bonds is 7. The number of benzene rings is 2. The molecule has 146 valence electrons. The quantitative estimate of drug-likeness (QED) is 0.465. The second-order valence-corrected chi connectivity index (χ2v) is 7.60. The molecule has 0 aliphatic carbocycles. The normalized spacial score (nSPS) is 12.1. The standard InChI is InChI=1S/C21H22Cl2N4O/c1-13(2)19(12-28)26-21-25-18(14-6-4-3-5-7-14)11-20(27-21)24-17-9-8-15(22)10-16(17)23/h3-11,13,19,28H,12H2,1-2H3,(H2,24,25,26,27)/t19-/m1/s1. The topological polar surface area (TPSA) is 70.1 Å². The van der Waals surface area contributed by atoms with Gasteiger partial charge in [0.05, 0.1) is 29.1 Å². The van der Waals surface area contributed by atoms with Crippen LogP contribution < -0.4 is 10.6 Å². The Balaban J connectivity index is 1.99. The summed E-state index contributed by atoms with van der Waals surface area (Å²) in [5.74, 6) is 1.24. The molecule has 3 N–H and O–H groups in total. The van der Waals surface area contributed by atoms with Gasteiger partial charge in [-0.05, 0) is 24.1 Å². The molecule has 0 unspecified atom stereocenters. The Labute approximate surface area is 174 Å². The van der Waals surface area contributed by atoms with E-state index in [1.807, 2.05) is 50.2 Å². The van der Waals surface area contributed by atoms with E-state index in [1.165, 1.54) is 0 Å². The van der Waals surface area contributed by atoms with Gasteiger partial charge in [-0.2, -0.15) is 4.98 Å². The first-order chi connectivity index (χ1) is 13.5. The maximum atomic E-state index is 9.65. The molecule has 1 heterocycles. The number of hydrogen-bond donors (Lipinski definition) is 3. The van der Waals surface area contributed by atoms with Crippen LogP contribution in [-0.4, -0.2) is 27.7 Å². The summed E-state index contributed by atoms with van der Waals surface area (Å²) in [6.45, 7) is 4.05. The highest BCUT2D eigenvalue weighted by Gasteiger charge is 2.15. The summed E-state index contributed by atoms with van der Waals surface area (Å²) in [5, 5.41) is 17.2. The van der Waals surface area contributed by atoms with E-state index < -0.39 is 0 Å². The van der Waals surface area contributed by atoms with E-state index in [4.69, 9.17) is 23.2 Å². The van der Waals surface area contributed by atoms with Gasteiger partial charge in [0.15, 0.2) is 0 Å². The Morgan fingerprint density at radius 1 is 1.00 bits per heavy atom. The minimum Gasteiger partial charge on any atom is -0.394 e. The van der Waals surface area contributed by atoms with Gasteiger partial charge in [0.1, 0.15) is 5.82 Å². The van der Waals surface area contributed by atoms with Crippen LogP contribution in [0.1, 0.15) is 13.8 Å². The van der Waals surface area contributed by atoms with Gasteiger partial charge in [-0.25, -0.2) is 4.98 Å². The molecule has 1 aromatic heterocycles. The van der Waals surface area contributed by atoms with Crippen LogP contribution in [0.2, 0.25) is 10.0 Å². The average molecular weight is 417 g/mol. The van der Waals surface area contributed by atoms with Crippen molar-refractivity contribution in [1.82, 2.24) is 9.97 Å². The lowest BCUT2D eigenvalue weighted by molar-refractivity contribution is 0.248. The Bertz CT molecular complexity index is 935. The van der Waals surface area contributed by atoms with Crippen molar-refractivity contribution in [2.75, 3.05) is 17.2 Å². The third kappa shape index (κ3) is 5.13. The molecule has 5 nitrogen and oxygen atoms in total. The van der Waals surface area contributed by atoms with E-state index in [0.717, 1.165) is 11.3 Å². The Hall–Kier alpha value is -2.34. The maximum Gasteiger partial charge on any atom is 0.225 e. The average Bonchev–Trinajstić information content (AvgIpc) is 2.68. The van der Waals surface area contributed by atoms with Crippen LogP contribution >= 0.6 is 23.2 Å². The molecule has 3 aromatic rings. The molecule has 0 spiro atoms. The lowest BCUT2D eigenvalue weighted by Crippen LogP contribution is -2.30. The van der Waals surface area contributed by atoms with E-state index in [-0.39, 0.29) is 18.6 Å². The van der Waals surface area contributed by atoms with Gasteiger partial charge in [-0.15, -0.1) is 0 Å². The number of nitrogens with one attached hydrogen (secondary N) is 2. The third-order valence-corrected chi connectivity index (χ3v) is 4.85. The molecule has 0 saturated carbocycles. The first-order valence-electron chi connectivity index (χ1n) is 9.00. The molecule has 7 heteroatoms. The van der Waals surface area contributed by atoms with Crippen molar-refractivity contribution in [2.24, 2.45) is 5.92 Å². The summed E-state index contributed by atoms with van der Waals surface area (Å²) in [4.78, 5) is 9.18. The van der Waals surface area contributed by atoms with Gasteiger partial charge in [0.2, 0.25) is 5.95 Å². The Kier molecular flexibility index (Phi) is 6.73. The molecule has 0 aliphatic rings. The summed E-state index contributed by atoms with van der Waals surface area (Å²) >= 11 is 12.3. The first-order valence-corrected chi connectivity index (χ1v) is 9.76. The van der Waals surface area contributed by atoms with E-state index in [2.05, 4.69) is 20.6 Å². The second-order valence-electron chi connectivity index (χ2n) is 6.75. The lowest BCUT2D eigenvalue weighted by Gasteiger charge is -2.21. The summed E-state index contributed by atoms with van der Waals surface area (Å²) in [6.07, 6.45) is 0. The monoisotopic (exact) mass is 416 g/mol. The number of halogens is 2. The van der Waals surface area contributed by atoms with E-state index in [1.54, 1.807) is 18.2 Å². The highest BCUT2D eigenvalue weighted by atomic mass is 35.5. The summed E-state index contributed by atoms with van der Waals surface area (Å²) in [6, 6.07) is 16.8. The maximum absolute atomic E-state index is 9.65. The van der Waals surface area contributed by atoms with Crippen molar-refractivity contribution in [3.8, 4) is 11.3 Å². The predicted octanol–water partition coefficient (Wildman–Crippen LogP) is 5.62. The van der Waals surface area contributed by atoms with Gasteiger partial charge in [0, 0.05) is 16.7 Å². The Morgan fingerprint density at radius 2 is 1.75 bits per heavy atom. The highest BCUT2D eigenvalue weighted by molar-refractivity contribution is 6.36. The zero-order valence-electron chi connectivity index (χ0n) is 15.7. The van der Waals surface area contributed by atoms with Crippen molar-refractivity contribution >= 4 is 40.7 Å². The zero-order valence-corrected chi connectivity index (χ0v) is 17.2. The molecule has 1 atom stereocenters. The number of anilines is 3. The van der Waals surface area contributed by atoms with E-state index in [9.17, 15) is 5.11 Å².